The second kappa shape index (κ2) is 20.9. The van der Waals surface area contributed by atoms with Gasteiger partial charge < -0.3 is 18.9 Å². The lowest BCUT2D eigenvalue weighted by Crippen LogP contribution is -2.61. The monoisotopic (exact) mass is 1170 g/mol. The molecule has 0 atom stereocenters. The molecule has 17 rings (SSSR count). The van der Waals surface area contributed by atoms with E-state index in [-0.39, 0.29) is 17.5 Å². The van der Waals surface area contributed by atoms with Gasteiger partial charge in [-0.2, -0.15) is 0 Å². The number of hydrogen-bond donors (Lipinski definition) is 0. The Hall–Kier alpha value is -10.9. The van der Waals surface area contributed by atoms with Gasteiger partial charge >= 0.3 is 0 Å². The second-order valence-corrected chi connectivity index (χ2v) is 26.8. The summed E-state index contributed by atoms with van der Waals surface area (Å²) in [6.07, 6.45) is 0. The van der Waals surface area contributed by atoms with E-state index in [2.05, 4.69) is 358 Å². The first-order valence-corrected chi connectivity index (χ1v) is 32.0. The van der Waals surface area contributed by atoms with E-state index in [0.717, 1.165) is 34.0 Å². The zero-order valence-corrected chi connectivity index (χ0v) is 52.2. The fourth-order valence-electron chi connectivity index (χ4n) is 15.1. The highest BCUT2D eigenvalue weighted by molar-refractivity contribution is 7.02. The van der Waals surface area contributed by atoms with Gasteiger partial charge in [0.25, 0.3) is 6.71 Å². The van der Waals surface area contributed by atoms with Crippen LogP contribution < -0.4 is 26.2 Å². The molecule has 0 N–H and O–H groups in total. The summed E-state index contributed by atoms with van der Waals surface area (Å²) in [5, 5.41) is 4.94. The molecule has 0 spiro atoms. The van der Waals surface area contributed by atoms with Crippen molar-refractivity contribution >= 4 is 101 Å². The molecule has 0 bridgehead atoms. The number of rotatable bonds is 8. The van der Waals surface area contributed by atoms with Crippen LogP contribution in [0.3, 0.4) is 0 Å². The van der Waals surface area contributed by atoms with Crippen LogP contribution in [0.15, 0.2) is 297 Å². The van der Waals surface area contributed by atoms with Crippen LogP contribution in [0.25, 0.3) is 99.5 Å². The van der Waals surface area contributed by atoms with Crippen LogP contribution in [0.5, 0.6) is 0 Å². The normalized spacial score (nSPS) is 12.9. The van der Waals surface area contributed by atoms with Gasteiger partial charge in [-0.1, -0.05) is 272 Å². The first-order chi connectivity index (χ1) is 44.5. The van der Waals surface area contributed by atoms with E-state index in [9.17, 15) is 0 Å². The molecule has 91 heavy (non-hydrogen) atoms. The molecule has 0 unspecified atom stereocenters. The third-order valence-electron chi connectivity index (χ3n) is 19.4. The van der Waals surface area contributed by atoms with Gasteiger partial charge in [-0.3, -0.25) is 0 Å². The van der Waals surface area contributed by atoms with E-state index in [1.165, 1.54) is 127 Å². The van der Waals surface area contributed by atoms with Crippen molar-refractivity contribution in [3.63, 3.8) is 0 Å². The van der Waals surface area contributed by atoms with Gasteiger partial charge in [0.05, 0.1) is 39.1 Å². The molecule has 0 saturated carbocycles. The number of nitrogens with zero attached hydrogens (tertiary/aromatic N) is 4. The highest BCUT2D eigenvalue weighted by Crippen LogP contribution is 2.52. The lowest BCUT2D eigenvalue weighted by Gasteiger charge is -2.46. The third kappa shape index (κ3) is 8.59. The Morgan fingerprint density at radius 1 is 0.275 bits per heavy atom. The minimum absolute atomic E-state index is 0.136. The Morgan fingerprint density at radius 3 is 1.26 bits per heavy atom. The highest BCUT2D eigenvalue weighted by atomic mass is 15.2. The Morgan fingerprint density at radius 2 is 0.736 bits per heavy atom. The molecule has 2 aromatic heterocycles. The molecule has 4 nitrogen and oxygen atoms in total. The van der Waals surface area contributed by atoms with Gasteiger partial charge in [0.1, 0.15) is 0 Å². The second-order valence-electron chi connectivity index (χ2n) is 26.8. The predicted octanol–water partition coefficient (Wildman–Crippen LogP) is 21.2. The summed E-state index contributed by atoms with van der Waals surface area (Å²) in [5.74, 6) is 0. The summed E-state index contributed by atoms with van der Waals surface area (Å²) < 4.78 is 5.13. The number of fused-ring (bicyclic) bond motifs is 11. The fraction of sp³-hybridized carbons (Fsp3) is 0.0930. The number of aromatic nitrogens is 2. The van der Waals surface area contributed by atoms with Crippen LogP contribution >= 0.6 is 0 Å². The van der Waals surface area contributed by atoms with Gasteiger partial charge in [0, 0.05) is 72.2 Å². The smallest absolute Gasteiger partial charge is 0.253 e. The molecule has 15 aromatic rings. The van der Waals surface area contributed by atoms with Crippen molar-refractivity contribution in [1.29, 1.82) is 0 Å². The largest absolute Gasteiger partial charge is 0.311 e. The number of benzene rings is 13. The van der Waals surface area contributed by atoms with Crippen molar-refractivity contribution in [1.82, 2.24) is 9.13 Å². The summed E-state index contributed by atoms with van der Waals surface area (Å²) in [6.45, 7) is 13.9. The van der Waals surface area contributed by atoms with Crippen LogP contribution in [0.4, 0.5) is 34.1 Å². The van der Waals surface area contributed by atoms with Gasteiger partial charge in [-0.05, 0) is 127 Å². The Balaban J connectivity index is 1.07. The molecule has 0 aliphatic carbocycles. The highest BCUT2D eigenvalue weighted by Gasteiger charge is 2.47. The van der Waals surface area contributed by atoms with Crippen LogP contribution in [0, 0.1) is 0 Å². The Bertz CT molecular complexity index is 5270. The summed E-state index contributed by atoms with van der Waals surface area (Å²) in [4.78, 5) is 5.30. The van der Waals surface area contributed by atoms with E-state index < -0.39 is 0 Å². The van der Waals surface area contributed by atoms with Crippen molar-refractivity contribution < 1.29 is 0 Å². The van der Waals surface area contributed by atoms with Crippen molar-refractivity contribution in [2.24, 2.45) is 0 Å². The predicted molar refractivity (Wildman–Crippen MR) is 388 cm³/mol. The summed E-state index contributed by atoms with van der Waals surface area (Å²) in [5.41, 5.74) is 29.2. The topological polar surface area (TPSA) is 16.3 Å². The summed E-state index contributed by atoms with van der Waals surface area (Å²) in [7, 11) is 0. The summed E-state index contributed by atoms with van der Waals surface area (Å²) >= 11 is 0. The zero-order valence-electron chi connectivity index (χ0n) is 52.2. The summed E-state index contributed by atoms with van der Waals surface area (Å²) in [6, 6.07) is 112. The maximum atomic E-state index is 2.65. The molecule has 0 radical (unpaired) electrons. The maximum Gasteiger partial charge on any atom is 0.253 e. The van der Waals surface area contributed by atoms with E-state index in [1.807, 2.05) is 0 Å². The molecule has 5 heteroatoms. The number of anilines is 6. The van der Waals surface area contributed by atoms with E-state index in [4.69, 9.17) is 0 Å². The third-order valence-corrected chi connectivity index (χ3v) is 19.4. The molecule has 2 aliphatic heterocycles. The van der Waals surface area contributed by atoms with Crippen LogP contribution in [-0.2, 0) is 10.8 Å². The van der Waals surface area contributed by atoms with Gasteiger partial charge in [0.15, 0.2) is 0 Å². The molecule has 0 saturated heterocycles. The molecule has 2 aliphatic rings. The minimum atomic E-state index is -0.244. The van der Waals surface area contributed by atoms with Crippen LogP contribution in [0.1, 0.15) is 52.7 Å². The molecular formula is C86H67BN4. The molecule has 4 heterocycles. The fourth-order valence-corrected chi connectivity index (χ4v) is 15.1. The minimum Gasteiger partial charge on any atom is -0.311 e. The molecule has 0 fully saturated rings. The lowest BCUT2D eigenvalue weighted by atomic mass is 9.33. The average molecular weight is 1170 g/mol. The lowest BCUT2D eigenvalue weighted by molar-refractivity contribution is 0.590. The molecule has 13 aromatic carbocycles. The first kappa shape index (κ1) is 54.3. The number of hydrogen-bond acceptors (Lipinski definition) is 2. The first-order valence-electron chi connectivity index (χ1n) is 32.0. The number of para-hydroxylation sites is 5. The van der Waals surface area contributed by atoms with Crippen molar-refractivity contribution in [3.05, 3.63) is 308 Å². The van der Waals surface area contributed by atoms with Gasteiger partial charge in [-0.15, -0.1) is 0 Å². The van der Waals surface area contributed by atoms with Gasteiger partial charge in [-0.25, -0.2) is 0 Å². The van der Waals surface area contributed by atoms with Crippen molar-refractivity contribution in [2.75, 3.05) is 9.80 Å². The standard InChI is InChI=1S/C86H67BN4/c1-85(2,3)60-46-48-69-77(52-60)91(84-65(58-32-15-9-16-33-58)40-27-41-66(84)59-34-17-10-18-35-59)75-50-51-76-83(81(69)75)87-70-49-47-62(88-73-44-25-21-38-67(73)68-39-22-26-45-74(68)88)55-78(70)90(72-43-24-20-37-64(72)57-30-13-8-14-31-57)80-54-61(86(4,5)6)53-79(82(80)87)89(76)71-42-23-19-36-63(71)56-28-11-7-12-29-56/h7-55H,1-6H3. The molecular weight excluding hydrogens is 1100 g/mol. The van der Waals surface area contributed by atoms with Crippen LogP contribution in [0.2, 0.25) is 0 Å². The molecule has 0 amide bonds. The van der Waals surface area contributed by atoms with E-state index >= 15 is 0 Å². The Labute approximate surface area is 533 Å². The van der Waals surface area contributed by atoms with Crippen LogP contribution in [-0.4, -0.2) is 15.8 Å². The van der Waals surface area contributed by atoms with E-state index in [1.54, 1.807) is 0 Å². The maximum absolute atomic E-state index is 2.65. The Kier molecular flexibility index (Phi) is 12.5. The van der Waals surface area contributed by atoms with Crippen molar-refractivity contribution in [3.8, 4) is 55.9 Å². The van der Waals surface area contributed by atoms with Crippen molar-refractivity contribution in [2.45, 2.75) is 52.4 Å². The SMILES string of the molecule is CC(C)(C)c1cc2c3c(c1)N(c1ccccc1-c1ccccc1)c1ccc4c(c1B3c1ccc(-n3c5ccccc5c5ccccc53)cc1N2c1ccccc1-c1ccccc1)c1ccc(C(C)(C)C)cc1n4-c1c(-c2ccccc2)cccc1-c1ccccc1. The zero-order chi connectivity index (χ0) is 61.3. The van der Waals surface area contributed by atoms with Gasteiger partial charge in [0.2, 0.25) is 0 Å². The quantitative estimate of drug-likeness (QED) is 0.141. The van der Waals surface area contributed by atoms with E-state index in [0.29, 0.717) is 0 Å². The average Bonchev–Trinajstić information content (AvgIpc) is 1.69. The molecule has 434 valence electrons.